The summed E-state index contributed by atoms with van der Waals surface area (Å²) in [6.07, 6.45) is 1.91. The minimum absolute atomic E-state index is 0. The average Bonchev–Trinajstić information content (AvgIpc) is 2.90. The van der Waals surface area contributed by atoms with Gasteiger partial charge in [0, 0.05) is 39.0 Å². The molecular weight excluding hydrogens is 399 g/mol. The molecule has 0 unspecified atom stereocenters. The van der Waals surface area contributed by atoms with E-state index in [1.807, 2.05) is 13.8 Å². The number of methoxy groups -OCH3 is 1. The van der Waals surface area contributed by atoms with E-state index < -0.39 is 0 Å². The highest BCUT2D eigenvalue weighted by Crippen LogP contribution is 2.10. The fourth-order valence-corrected chi connectivity index (χ4v) is 2.30. The third-order valence-corrected chi connectivity index (χ3v) is 4.08. The molecule has 1 rings (SSSR count). The van der Waals surface area contributed by atoms with E-state index in [1.54, 1.807) is 25.5 Å². The summed E-state index contributed by atoms with van der Waals surface area (Å²) >= 11 is 1.73. The topological polar surface area (TPSA) is 58.5 Å². The molecule has 0 fully saturated rings. The third-order valence-electron chi connectivity index (χ3n) is 3.03. The van der Waals surface area contributed by atoms with Crippen molar-refractivity contribution in [2.75, 3.05) is 27.2 Å². The van der Waals surface area contributed by atoms with Crippen LogP contribution in [-0.4, -0.2) is 43.8 Å². The van der Waals surface area contributed by atoms with Crippen molar-refractivity contribution in [3.8, 4) is 0 Å². The molecule has 0 bridgehead atoms. The highest BCUT2D eigenvalue weighted by Gasteiger charge is 2.16. The van der Waals surface area contributed by atoms with E-state index >= 15 is 0 Å². The first-order valence-corrected chi connectivity index (χ1v) is 7.81. The standard InChI is InChI=1S/C14H26N4OS.HI/c1-6-12-18-11(9-20-12)7-8-16-13(15-4)17-10-14(2,3)19-5;/h9H,6-8,10H2,1-5H3,(H2,15,16,17);1H. The molecule has 0 radical (unpaired) electrons. The minimum atomic E-state index is -0.206. The molecule has 7 heteroatoms. The van der Waals surface area contributed by atoms with Gasteiger partial charge in [-0.25, -0.2) is 4.98 Å². The van der Waals surface area contributed by atoms with Crippen molar-refractivity contribution in [2.45, 2.75) is 39.2 Å². The van der Waals surface area contributed by atoms with Crippen molar-refractivity contribution in [2.24, 2.45) is 4.99 Å². The number of halogens is 1. The minimum Gasteiger partial charge on any atom is -0.377 e. The summed E-state index contributed by atoms with van der Waals surface area (Å²) in [7, 11) is 3.48. The van der Waals surface area contributed by atoms with Crippen LogP contribution >= 0.6 is 35.3 Å². The second-order valence-electron chi connectivity index (χ2n) is 5.15. The predicted octanol–water partition coefficient (Wildman–Crippen LogP) is 2.46. The zero-order valence-electron chi connectivity index (χ0n) is 13.5. The molecule has 0 aliphatic heterocycles. The number of nitrogens with one attached hydrogen (secondary N) is 2. The molecule has 0 aliphatic carbocycles. The summed E-state index contributed by atoms with van der Waals surface area (Å²) in [5.74, 6) is 0.793. The van der Waals surface area contributed by atoms with Crippen molar-refractivity contribution in [3.63, 3.8) is 0 Å². The number of hydrogen-bond acceptors (Lipinski definition) is 4. The monoisotopic (exact) mass is 426 g/mol. The van der Waals surface area contributed by atoms with E-state index in [-0.39, 0.29) is 29.6 Å². The molecule has 0 spiro atoms. The van der Waals surface area contributed by atoms with Gasteiger partial charge in [-0.15, -0.1) is 35.3 Å². The number of aliphatic imine (C=N–C) groups is 1. The molecule has 1 heterocycles. The lowest BCUT2D eigenvalue weighted by molar-refractivity contribution is 0.0268. The quantitative estimate of drug-likeness (QED) is 0.400. The number of guanidine groups is 1. The lowest BCUT2D eigenvalue weighted by atomic mass is 10.1. The van der Waals surface area contributed by atoms with Crippen LogP contribution in [0, 0.1) is 0 Å². The zero-order chi connectivity index (χ0) is 15.0. The third kappa shape index (κ3) is 7.96. The Morgan fingerprint density at radius 2 is 2.14 bits per heavy atom. The van der Waals surface area contributed by atoms with E-state index in [9.17, 15) is 0 Å². The fourth-order valence-electron chi connectivity index (χ4n) is 1.52. The molecule has 0 atom stereocenters. The smallest absolute Gasteiger partial charge is 0.191 e. The first-order valence-electron chi connectivity index (χ1n) is 6.93. The van der Waals surface area contributed by atoms with Gasteiger partial charge >= 0.3 is 0 Å². The van der Waals surface area contributed by atoms with Gasteiger partial charge in [0.2, 0.25) is 0 Å². The van der Waals surface area contributed by atoms with Gasteiger partial charge in [0.05, 0.1) is 16.3 Å². The molecular formula is C14H27IN4OS. The molecule has 122 valence electrons. The van der Waals surface area contributed by atoms with Gasteiger partial charge in [-0.3, -0.25) is 4.99 Å². The fraction of sp³-hybridized carbons (Fsp3) is 0.714. The van der Waals surface area contributed by atoms with Gasteiger partial charge in [0.1, 0.15) is 0 Å². The molecule has 0 saturated carbocycles. The SMILES string of the molecule is CCc1nc(CCNC(=NC)NCC(C)(C)OC)cs1.I. The molecule has 0 aromatic carbocycles. The Hall–Kier alpha value is -0.410. The van der Waals surface area contributed by atoms with E-state index in [4.69, 9.17) is 4.74 Å². The summed E-state index contributed by atoms with van der Waals surface area (Å²) < 4.78 is 5.37. The van der Waals surface area contributed by atoms with Crippen molar-refractivity contribution < 1.29 is 4.74 Å². The van der Waals surface area contributed by atoms with Crippen molar-refractivity contribution in [3.05, 3.63) is 16.1 Å². The van der Waals surface area contributed by atoms with Gasteiger partial charge < -0.3 is 15.4 Å². The number of aromatic nitrogens is 1. The summed E-state index contributed by atoms with van der Waals surface area (Å²) in [5.41, 5.74) is 0.940. The maximum absolute atomic E-state index is 5.37. The van der Waals surface area contributed by atoms with Crippen molar-refractivity contribution >= 4 is 41.3 Å². The molecule has 0 aliphatic rings. The Bertz CT molecular complexity index is 434. The largest absolute Gasteiger partial charge is 0.377 e. The Kier molecular flexibility index (Phi) is 10.1. The van der Waals surface area contributed by atoms with E-state index in [0.717, 1.165) is 31.0 Å². The number of nitrogens with zero attached hydrogens (tertiary/aromatic N) is 2. The summed E-state index contributed by atoms with van der Waals surface area (Å²) in [6, 6.07) is 0. The summed E-state index contributed by atoms with van der Waals surface area (Å²) in [4.78, 5) is 8.75. The van der Waals surface area contributed by atoms with Gasteiger partial charge in [-0.05, 0) is 20.3 Å². The molecule has 0 saturated heterocycles. The first kappa shape index (κ1) is 20.6. The zero-order valence-corrected chi connectivity index (χ0v) is 16.7. The highest BCUT2D eigenvalue weighted by molar-refractivity contribution is 14.0. The molecule has 5 nitrogen and oxygen atoms in total. The first-order chi connectivity index (χ1) is 9.50. The van der Waals surface area contributed by atoms with Crippen LogP contribution in [0.5, 0.6) is 0 Å². The van der Waals surface area contributed by atoms with E-state index in [2.05, 4.69) is 32.9 Å². The average molecular weight is 426 g/mol. The van der Waals surface area contributed by atoms with Crippen LogP contribution in [0.15, 0.2) is 10.4 Å². The van der Waals surface area contributed by atoms with Gasteiger partial charge in [0.15, 0.2) is 5.96 Å². The Balaban J connectivity index is 0.00000400. The molecule has 21 heavy (non-hydrogen) atoms. The van der Waals surface area contributed by atoms with E-state index in [0.29, 0.717) is 6.54 Å². The van der Waals surface area contributed by atoms with Gasteiger partial charge in [0.25, 0.3) is 0 Å². The predicted molar refractivity (Wildman–Crippen MR) is 101 cm³/mol. The lowest BCUT2D eigenvalue weighted by Crippen LogP contribution is -2.45. The maximum Gasteiger partial charge on any atom is 0.191 e. The number of thiazole rings is 1. The van der Waals surface area contributed by atoms with Crippen LogP contribution in [0.4, 0.5) is 0 Å². The lowest BCUT2D eigenvalue weighted by Gasteiger charge is -2.24. The van der Waals surface area contributed by atoms with Crippen LogP contribution in [0.1, 0.15) is 31.5 Å². The Morgan fingerprint density at radius 3 is 2.67 bits per heavy atom. The number of hydrogen-bond donors (Lipinski definition) is 2. The van der Waals surface area contributed by atoms with Crippen LogP contribution in [0.2, 0.25) is 0 Å². The molecule has 1 aromatic heterocycles. The van der Waals surface area contributed by atoms with Crippen molar-refractivity contribution in [1.29, 1.82) is 0 Å². The molecule has 0 amide bonds. The number of rotatable bonds is 7. The normalized spacial score (nSPS) is 12.0. The van der Waals surface area contributed by atoms with Crippen molar-refractivity contribution in [1.82, 2.24) is 15.6 Å². The van der Waals surface area contributed by atoms with Gasteiger partial charge in [-0.1, -0.05) is 6.92 Å². The number of aryl methyl sites for hydroxylation is 1. The van der Waals surface area contributed by atoms with Crippen LogP contribution in [-0.2, 0) is 17.6 Å². The highest BCUT2D eigenvalue weighted by atomic mass is 127. The van der Waals surface area contributed by atoms with Crippen LogP contribution < -0.4 is 10.6 Å². The summed E-state index contributed by atoms with van der Waals surface area (Å²) in [6.45, 7) is 7.73. The number of ether oxygens (including phenoxy) is 1. The molecule has 1 aromatic rings. The molecule has 2 N–H and O–H groups in total. The van der Waals surface area contributed by atoms with E-state index in [1.165, 1.54) is 5.01 Å². The van der Waals surface area contributed by atoms with Crippen LogP contribution in [0.25, 0.3) is 0 Å². The maximum atomic E-state index is 5.37. The second-order valence-corrected chi connectivity index (χ2v) is 6.10. The van der Waals surface area contributed by atoms with Crippen LogP contribution in [0.3, 0.4) is 0 Å². The second kappa shape index (κ2) is 10.3. The Morgan fingerprint density at radius 1 is 1.43 bits per heavy atom. The summed E-state index contributed by atoms with van der Waals surface area (Å²) in [5, 5.41) is 9.88. The Labute approximate surface area is 149 Å². The van der Waals surface area contributed by atoms with Gasteiger partial charge in [-0.2, -0.15) is 0 Å².